The number of benzene rings is 1. The standard InChI is InChI=1S/C26H27FN4O4/c1-33-25-18(27)6-5-7-19(25)30-24-21-22-16(14-29-26(21)32)9-13-34-11-3-2-4-12-35-20-15-28-10-8-17(20)23(24)31-22/h2-3,5-8,10,15-16,30-31H,4,9,11-14H2,1H3,(H,29,32)/b3-2-. The van der Waals surface area contributed by atoms with Crippen molar-refractivity contribution in [2.45, 2.75) is 18.8 Å². The van der Waals surface area contributed by atoms with E-state index in [4.69, 9.17) is 14.2 Å². The van der Waals surface area contributed by atoms with E-state index in [0.29, 0.717) is 54.7 Å². The van der Waals surface area contributed by atoms with Gasteiger partial charge >= 0.3 is 0 Å². The number of hydrogen-bond donors (Lipinski definition) is 3. The first-order valence-electron chi connectivity index (χ1n) is 11.6. The first-order valence-corrected chi connectivity index (χ1v) is 11.6. The van der Waals surface area contributed by atoms with Gasteiger partial charge in [-0.3, -0.25) is 9.78 Å². The fraction of sp³-hybridized carbons (Fsp3) is 0.308. The van der Waals surface area contributed by atoms with Crippen molar-refractivity contribution in [2.24, 2.45) is 0 Å². The Morgan fingerprint density at radius 3 is 3.03 bits per heavy atom. The Morgan fingerprint density at radius 1 is 1.23 bits per heavy atom. The van der Waals surface area contributed by atoms with Gasteiger partial charge in [0.25, 0.3) is 5.91 Å². The number of nitrogens with zero attached hydrogens (tertiary/aromatic N) is 1. The van der Waals surface area contributed by atoms with E-state index in [1.54, 1.807) is 24.5 Å². The molecule has 2 aromatic heterocycles. The molecule has 3 N–H and O–H groups in total. The van der Waals surface area contributed by atoms with Gasteiger partial charge in [0, 0.05) is 36.5 Å². The van der Waals surface area contributed by atoms with E-state index < -0.39 is 5.82 Å². The Morgan fingerprint density at radius 2 is 2.14 bits per heavy atom. The molecule has 1 atom stereocenters. The Kier molecular flexibility index (Phi) is 6.67. The Balaban J connectivity index is 1.68. The van der Waals surface area contributed by atoms with Crippen molar-refractivity contribution in [3.05, 3.63) is 65.9 Å². The van der Waals surface area contributed by atoms with Gasteiger partial charge in [-0.25, -0.2) is 4.39 Å². The zero-order valence-electron chi connectivity index (χ0n) is 19.4. The number of ether oxygens (including phenoxy) is 3. The highest BCUT2D eigenvalue weighted by molar-refractivity contribution is 6.07. The second kappa shape index (κ2) is 10.2. The van der Waals surface area contributed by atoms with Crippen LogP contribution in [0.25, 0.3) is 11.3 Å². The van der Waals surface area contributed by atoms with E-state index in [1.165, 1.54) is 13.2 Å². The summed E-state index contributed by atoms with van der Waals surface area (Å²) < 4.78 is 31.6. The summed E-state index contributed by atoms with van der Waals surface area (Å²) in [5.74, 6) is -0.0465. The van der Waals surface area contributed by atoms with Crippen molar-refractivity contribution in [1.82, 2.24) is 15.3 Å². The molecule has 2 aliphatic heterocycles. The lowest BCUT2D eigenvalue weighted by molar-refractivity contribution is 0.0932. The number of amides is 1. The van der Waals surface area contributed by atoms with Crippen LogP contribution in [0.2, 0.25) is 0 Å². The van der Waals surface area contributed by atoms with Crippen molar-refractivity contribution in [3.8, 4) is 22.8 Å². The molecular weight excluding hydrogens is 451 g/mol. The summed E-state index contributed by atoms with van der Waals surface area (Å²) in [6, 6.07) is 6.46. The molecule has 2 bridgehead atoms. The quantitative estimate of drug-likeness (QED) is 0.478. The van der Waals surface area contributed by atoms with Gasteiger partial charge in [0.15, 0.2) is 11.6 Å². The molecule has 9 heteroatoms. The van der Waals surface area contributed by atoms with Gasteiger partial charge in [0.05, 0.1) is 49.2 Å². The molecule has 0 saturated carbocycles. The highest BCUT2D eigenvalue weighted by Gasteiger charge is 2.33. The van der Waals surface area contributed by atoms with Crippen LogP contribution >= 0.6 is 0 Å². The van der Waals surface area contributed by atoms with E-state index in [-0.39, 0.29) is 17.6 Å². The van der Waals surface area contributed by atoms with Crippen LogP contribution in [0.5, 0.6) is 11.5 Å². The van der Waals surface area contributed by atoms with Gasteiger partial charge in [-0.05, 0) is 31.0 Å². The first-order chi connectivity index (χ1) is 17.2. The van der Waals surface area contributed by atoms with Gasteiger partial charge in [0.2, 0.25) is 0 Å². The van der Waals surface area contributed by atoms with Gasteiger partial charge in [-0.2, -0.15) is 0 Å². The number of H-pyrrole nitrogens is 1. The number of para-hydroxylation sites is 1. The average molecular weight is 479 g/mol. The maximum Gasteiger partial charge on any atom is 0.255 e. The van der Waals surface area contributed by atoms with Crippen molar-refractivity contribution < 1.29 is 23.4 Å². The number of aromatic nitrogens is 2. The summed E-state index contributed by atoms with van der Waals surface area (Å²) in [6.45, 7) is 2.02. The predicted molar refractivity (Wildman–Crippen MR) is 130 cm³/mol. The Labute approximate surface area is 202 Å². The smallest absolute Gasteiger partial charge is 0.255 e. The largest absolute Gasteiger partial charge is 0.492 e. The first kappa shape index (κ1) is 22.9. The molecule has 0 fully saturated rings. The van der Waals surface area contributed by atoms with Crippen molar-refractivity contribution >= 4 is 17.3 Å². The molecule has 4 heterocycles. The second-order valence-corrected chi connectivity index (χ2v) is 8.36. The summed E-state index contributed by atoms with van der Waals surface area (Å²) in [5.41, 5.74) is 3.62. The van der Waals surface area contributed by atoms with E-state index in [1.807, 2.05) is 18.2 Å². The lowest BCUT2D eigenvalue weighted by Crippen LogP contribution is -2.35. The van der Waals surface area contributed by atoms with Crippen LogP contribution in [0.15, 0.2) is 48.8 Å². The molecule has 1 unspecified atom stereocenters. The molecule has 2 aliphatic rings. The summed E-state index contributed by atoms with van der Waals surface area (Å²) in [7, 11) is 1.41. The maximum atomic E-state index is 14.5. The van der Waals surface area contributed by atoms with Crippen LogP contribution in [0.1, 0.15) is 34.8 Å². The van der Waals surface area contributed by atoms with Crippen LogP contribution in [0, 0.1) is 5.82 Å². The van der Waals surface area contributed by atoms with Crippen molar-refractivity contribution in [1.29, 1.82) is 0 Å². The number of nitrogens with one attached hydrogen (secondary N) is 3. The van der Waals surface area contributed by atoms with Crippen LogP contribution < -0.4 is 20.1 Å². The van der Waals surface area contributed by atoms with Gasteiger partial charge in [-0.15, -0.1) is 0 Å². The van der Waals surface area contributed by atoms with Crippen LogP contribution in [0.3, 0.4) is 0 Å². The van der Waals surface area contributed by atoms with Crippen molar-refractivity contribution in [3.63, 3.8) is 0 Å². The molecule has 0 aliphatic carbocycles. The topological polar surface area (TPSA) is 97.5 Å². The Bertz CT molecular complexity index is 1260. The summed E-state index contributed by atoms with van der Waals surface area (Å²) in [6.07, 6.45) is 8.79. The van der Waals surface area contributed by atoms with E-state index >= 15 is 0 Å². The molecule has 0 spiro atoms. The van der Waals surface area contributed by atoms with E-state index in [0.717, 1.165) is 24.1 Å². The number of methoxy groups -OCH3 is 1. The number of carbonyl (C=O) groups is 1. The maximum absolute atomic E-state index is 14.5. The molecule has 8 nitrogen and oxygen atoms in total. The lowest BCUT2D eigenvalue weighted by Gasteiger charge is -2.24. The third-order valence-corrected chi connectivity index (χ3v) is 6.19. The Hall–Kier alpha value is -3.85. The fourth-order valence-electron chi connectivity index (χ4n) is 4.49. The minimum atomic E-state index is -0.502. The number of aromatic amines is 1. The van der Waals surface area contributed by atoms with E-state index in [2.05, 4.69) is 20.6 Å². The molecule has 35 heavy (non-hydrogen) atoms. The number of halogens is 1. The fourth-order valence-corrected chi connectivity index (χ4v) is 4.49. The number of hydrogen-bond acceptors (Lipinski definition) is 6. The molecule has 5 rings (SSSR count). The monoisotopic (exact) mass is 478 g/mol. The predicted octanol–water partition coefficient (Wildman–Crippen LogP) is 4.54. The number of rotatable bonds is 3. The SMILES string of the molecule is COc1c(F)cccc1Nc1c2[nH]c3c1C(=O)NCC3CCOC/C=C\CCOc1cnccc1-2. The van der Waals surface area contributed by atoms with Gasteiger partial charge in [0.1, 0.15) is 5.75 Å². The summed E-state index contributed by atoms with van der Waals surface area (Å²) >= 11 is 0. The second-order valence-electron chi connectivity index (χ2n) is 8.36. The average Bonchev–Trinajstić information content (AvgIpc) is 3.24. The highest BCUT2D eigenvalue weighted by atomic mass is 19.1. The minimum absolute atomic E-state index is 0.0201. The molecule has 3 aromatic rings. The summed E-state index contributed by atoms with van der Waals surface area (Å²) in [5, 5.41) is 6.27. The van der Waals surface area contributed by atoms with E-state index in [9.17, 15) is 9.18 Å². The molecule has 0 radical (unpaired) electrons. The highest BCUT2D eigenvalue weighted by Crippen LogP contribution is 2.44. The molecule has 1 amide bonds. The third kappa shape index (κ3) is 4.59. The number of pyridine rings is 1. The van der Waals surface area contributed by atoms with Crippen LogP contribution in [-0.4, -0.2) is 49.4 Å². The van der Waals surface area contributed by atoms with Crippen LogP contribution in [-0.2, 0) is 4.74 Å². The number of fused-ring (bicyclic) bond motifs is 3. The zero-order valence-corrected chi connectivity index (χ0v) is 19.4. The normalized spacial score (nSPS) is 18.8. The van der Waals surface area contributed by atoms with Gasteiger partial charge in [-0.1, -0.05) is 18.2 Å². The number of carbonyl (C=O) groups excluding carboxylic acids is 1. The number of anilines is 2. The van der Waals surface area contributed by atoms with Crippen LogP contribution in [0.4, 0.5) is 15.8 Å². The molecular formula is C26H27FN4O4. The molecule has 0 saturated heterocycles. The minimum Gasteiger partial charge on any atom is -0.492 e. The molecule has 182 valence electrons. The zero-order chi connectivity index (χ0) is 24.2. The van der Waals surface area contributed by atoms with Gasteiger partial charge < -0.3 is 29.8 Å². The van der Waals surface area contributed by atoms with Crippen molar-refractivity contribution in [2.75, 3.05) is 38.8 Å². The third-order valence-electron chi connectivity index (χ3n) is 6.19. The molecule has 1 aromatic carbocycles. The summed E-state index contributed by atoms with van der Waals surface area (Å²) in [4.78, 5) is 20.9. The lowest BCUT2D eigenvalue weighted by atomic mass is 9.93.